The van der Waals surface area contributed by atoms with E-state index in [4.69, 9.17) is 27.9 Å². The van der Waals surface area contributed by atoms with Gasteiger partial charge in [-0.3, -0.25) is 4.79 Å². The number of nitriles is 1. The number of anilines is 1. The lowest BCUT2D eigenvalue weighted by molar-refractivity contribution is -0.112. The van der Waals surface area contributed by atoms with Crippen LogP contribution in [-0.2, 0) is 16.1 Å². The number of carbonyl (C=O) groups is 2. The van der Waals surface area contributed by atoms with Crippen LogP contribution in [-0.4, -0.2) is 18.5 Å². The molecule has 2 rings (SSSR count). The Labute approximate surface area is 172 Å². The van der Waals surface area contributed by atoms with Gasteiger partial charge in [0.15, 0.2) is 0 Å². The van der Waals surface area contributed by atoms with Crippen LogP contribution in [0.4, 0.5) is 5.69 Å². The minimum absolute atomic E-state index is 0.126. The van der Waals surface area contributed by atoms with E-state index < -0.39 is 5.91 Å². The number of ether oxygens (including phenoxy) is 1. The number of carbonyl (C=O) groups excluding carboxylic acids is 2. The van der Waals surface area contributed by atoms with Crippen LogP contribution in [0.5, 0.6) is 0 Å². The fraction of sp³-hybridized carbons (Fsp3) is 0.150. The molecule has 0 atom stereocenters. The Morgan fingerprint density at radius 3 is 2.54 bits per heavy atom. The number of benzene rings is 2. The summed E-state index contributed by atoms with van der Waals surface area (Å²) in [4.78, 5) is 23.9. The maximum Gasteiger partial charge on any atom is 0.338 e. The lowest BCUT2D eigenvalue weighted by Crippen LogP contribution is -2.17. The van der Waals surface area contributed by atoms with Crippen molar-refractivity contribution in [2.75, 3.05) is 11.9 Å². The largest absolute Gasteiger partial charge is 0.462 e. The SMILES string of the molecule is CCOC(=O)c1ccc(CN/C=C(/C#N)C(=O)Nc2cc(Cl)ccc2Cl)cc1. The first-order valence-electron chi connectivity index (χ1n) is 8.30. The van der Waals surface area contributed by atoms with Crippen LogP contribution >= 0.6 is 23.2 Å². The molecule has 0 fully saturated rings. The van der Waals surface area contributed by atoms with Crippen LogP contribution in [0.2, 0.25) is 10.0 Å². The van der Waals surface area contributed by atoms with Crippen molar-refractivity contribution in [2.45, 2.75) is 13.5 Å². The summed E-state index contributed by atoms with van der Waals surface area (Å²) in [5.41, 5.74) is 1.51. The van der Waals surface area contributed by atoms with E-state index >= 15 is 0 Å². The maximum absolute atomic E-state index is 12.2. The zero-order chi connectivity index (χ0) is 20.5. The van der Waals surface area contributed by atoms with Gasteiger partial charge in [-0.1, -0.05) is 35.3 Å². The molecule has 144 valence electrons. The lowest BCUT2D eigenvalue weighted by Gasteiger charge is -2.08. The second kappa shape index (κ2) is 10.4. The number of rotatable bonds is 7. The molecule has 1 amide bonds. The number of nitrogens with one attached hydrogen (secondary N) is 2. The lowest BCUT2D eigenvalue weighted by atomic mass is 10.1. The molecule has 8 heteroatoms. The second-order valence-electron chi connectivity index (χ2n) is 5.55. The molecule has 0 bridgehead atoms. The molecule has 28 heavy (non-hydrogen) atoms. The van der Waals surface area contributed by atoms with E-state index in [1.165, 1.54) is 12.3 Å². The summed E-state index contributed by atoms with van der Waals surface area (Å²) >= 11 is 11.9. The Bertz CT molecular complexity index is 935. The first kappa shape index (κ1) is 21.3. The quantitative estimate of drug-likeness (QED) is 0.397. The average Bonchev–Trinajstić information content (AvgIpc) is 2.68. The zero-order valence-corrected chi connectivity index (χ0v) is 16.5. The summed E-state index contributed by atoms with van der Waals surface area (Å²) in [7, 11) is 0. The molecule has 0 saturated heterocycles. The molecular formula is C20H17Cl2N3O3. The summed E-state index contributed by atoms with van der Waals surface area (Å²) in [5, 5.41) is 15.4. The average molecular weight is 418 g/mol. The molecule has 2 N–H and O–H groups in total. The van der Waals surface area contributed by atoms with Gasteiger partial charge in [-0.25, -0.2) is 4.79 Å². The van der Waals surface area contributed by atoms with Gasteiger partial charge in [0.05, 0.1) is 22.9 Å². The van der Waals surface area contributed by atoms with Gasteiger partial charge in [-0.2, -0.15) is 5.26 Å². The molecule has 0 radical (unpaired) electrons. The zero-order valence-electron chi connectivity index (χ0n) is 15.0. The van der Waals surface area contributed by atoms with Gasteiger partial charge in [-0.05, 0) is 42.8 Å². The van der Waals surface area contributed by atoms with Crippen molar-refractivity contribution in [2.24, 2.45) is 0 Å². The van der Waals surface area contributed by atoms with E-state index in [0.717, 1.165) is 5.56 Å². The number of halogens is 2. The second-order valence-corrected chi connectivity index (χ2v) is 6.39. The Kier molecular flexibility index (Phi) is 7.88. The predicted octanol–water partition coefficient (Wildman–Crippen LogP) is 4.31. The number of hydrogen-bond acceptors (Lipinski definition) is 5. The highest BCUT2D eigenvalue weighted by molar-refractivity contribution is 6.35. The van der Waals surface area contributed by atoms with Crippen LogP contribution in [0.3, 0.4) is 0 Å². The first-order chi connectivity index (χ1) is 13.4. The normalized spacial score (nSPS) is 10.7. The highest BCUT2D eigenvalue weighted by Gasteiger charge is 2.12. The third kappa shape index (κ3) is 6.02. The van der Waals surface area contributed by atoms with Gasteiger partial charge in [0.2, 0.25) is 0 Å². The standard InChI is InChI=1S/C20H17Cl2N3O3/c1-2-28-20(27)14-5-3-13(4-6-14)11-24-12-15(10-23)19(26)25-18-9-16(21)7-8-17(18)22/h3-9,12,24H,2,11H2,1H3,(H,25,26)/b15-12-. The number of amides is 1. The number of hydrogen-bond donors (Lipinski definition) is 2. The van der Waals surface area contributed by atoms with Gasteiger partial charge in [0, 0.05) is 17.8 Å². The molecule has 6 nitrogen and oxygen atoms in total. The van der Waals surface area contributed by atoms with Crippen molar-refractivity contribution < 1.29 is 14.3 Å². The van der Waals surface area contributed by atoms with E-state index in [0.29, 0.717) is 34.4 Å². The van der Waals surface area contributed by atoms with Crippen LogP contribution in [0.25, 0.3) is 0 Å². The minimum atomic E-state index is -0.614. The Morgan fingerprint density at radius 1 is 1.18 bits per heavy atom. The van der Waals surface area contributed by atoms with Crippen molar-refractivity contribution in [3.63, 3.8) is 0 Å². The smallest absolute Gasteiger partial charge is 0.338 e. The summed E-state index contributed by atoms with van der Waals surface area (Å²) < 4.78 is 4.92. The molecule has 0 unspecified atom stereocenters. The fourth-order valence-electron chi connectivity index (χ4n) is 2.18. The van der Waals surface area contributed by atoms with E-state index in [2.05, 4.69) is 10.6 Å². The van der Waals surface area contributed by atoms with Gasteiger partial charge in [0.25, 0.3) is 5.91 Å². The van der Waals surface area contributed by atoms with Crippen LogP contribution in [0, 0.1) is 11.3 Å². The molecule has 0 aliphatic rings. The van der Waals surface area contributed by atoms with E-state index in [-0.39, 0.29) is 11.5 Å². The Morgan fingerprint density at radius 2 is 1.89 bits per heavy atom. The molecule has 0 aliphatic heterocycles. The molecule has 0 aliphatic carbocycles. The van der Waals surface area contributed by atoms with Crippen molar-refractivity contribution in [1.82, 2.24) is 5.32 Å². The van der Waals surface area contributed by atoms with Crippen LogP contribution in [0.1, 0.15) is 22.8 Å². The topological polar surface area (TPSA) is 91.2 Å². The fourth-order valence-corrected chi connectivity index (χ4v) is 2.51. The monoisotopic (exact) mass is 417 g/mol. The van der Waals surface area contributed by atoms with Gasteiger partial charge in [0.1, 0.15) is 11.6 Å². The van der Waals surface area contributed by atoms with Gasteiger partial charge >= 0.3 is 5.97 Å². The molecule has 0 heterocycles. The highest BCUT2D eigenvalue weighted by Crippen LogP contribution is 2.25. The minimum Gasteiger partial charge on any atom is -0.462 e. The predicted molar refractivity (Wildman–Crippen MR) is 108 cm³/mol. The first-order valence-corrected chi connectivity index (χ1v) is 9.06. The molecular weight excluding hydrogens is 401 g/mol. The van der Waals surface area contributed by atoms with Crippen molar-refractivity contribution >= 4 is 40.8 Å². The van der Waals surface area contributed by atoms with Crippen molar-refractivity contribution in [3.05, 3.63) is 75.4 Å². The van der Waals surface area contributed by atoms with Crippen LogP contribution < -0.4 is 10.6 Å². The van der Waals surface area contributed by atoms with E-state index in [1.54, 1.807) is 43.3 Å². The summed E-state index contributed by atoms with van der Waals surface area (Å²) in [6.45, 7) is 2.41. The van der Waals surface area contributed by atoms with Crippen molar-refractivity contribution in [1.29, 1.82) is 5.26 Å². The number of esters is 1. The third-order valence-corrected chi connectivity index (χ3v) is 4.12. The molecule has 0 spiro atoms. The van der Waals surface area contributed by atoms with Crippen molar-refractivity contribution in [3.8, 4) is 6.07 Å². The molecule has 2 aromatic rings. The van der Waals surface area contributed by atoms with Crippen LogP contribution in [0.15, 0.2) is 54.2 Å². The number of nitrogens with zero attached hydrogens (tertiary/aromatic N) is 1. The van der Waals surface area contributed by atoms with Gasteiger partial charge in [-0.15, -0.1) is 0 Å². The summed E-state index contributed by atoms with van der Waals surface area (Å²) in [6, 6.07) is 13.3. The summed E-state index contributed by atoms with van der Waals surface area (Å²) in [5.74, 6) is -0.998. The molecule has 2 aromatic carbocycles. The van der Waals surface area contributed by atoms with E-state index in [9.17, 15) is 14.9 Å². The maximum atomic E-state index is 12.2. The third-order valence-electron chi connectivity index (χ3n) is 3.56. The highest BCUT2D eigenvalue weighted by atomic mass is 35.5. The molecule has 0 saturated carbocycles. The van der Waals surface area contributed by atoms with Gasteiger partial charge < -0.3 is 15.4 Å². The van der Waals surface area contributed by atoms with E-state index in [1.807, 2.05) is 6.07 Å². The summed E-state index contributed by atoms with van der Waals surface area (Å²) in [6.07, 6.45) is 1.31. The molecule has 0 aromatic heterocycles. The Hall–Kier alpha value is -3.01. The Balaban J connectivity index is 1.97.